The zero-order chi connectivity index (χ0) is 15.5. The molecular weight excluding hydrogens is 262 g/mol. The maximum absolute atomic E-state index is 4.67. The van der Waals surface area contributed by atoms with Gasteiger partial charge in [0.25, 0.3) is 0 Å². The molecule has 0 aromatic carbocycles. The topological polar surface area (TPSA) is 45.5 Å². The van der Waals surface area contributed by atoms with Crippen LogP contribution >= 0.6 is 0 Å². The lowest BCUT2D eigenvalue weighted by Gasteiger charge is -2.21. The highest BCUT2D eigenvalue weighted by atomic mass is 15.3. The molecule has 0 aliphatic carbocycles. The lowest BCUT2D eigenvalue weighted by atomic mass is 10.2. The van der Waals surface area contributed by atoms with Gasteiger partial charge in [0.1, 0.15) is 0 Å². The van der Waals surface area contributed by atoms with Gasteiger partial charge in [0.2, 0.25) is 0 Å². The monoisotopic (exact) mass is 291 g/mol. The third kappa shape index (κ3) is 6.97. The van der Waals surface area contributed by atoms with Crippen LogP contribution in [0.15, 0.2) is 30.0 Å². The van der Waals surface area contributed by atoms with Crippen molar-refractivity contribution in [1.29, 1.82) is 0 Å². The second kappa shape index (κ2) is 10.0. The predicted octanol–water partition coefficient (Wildman–Crippen LogP) is 2.56. The minimum atomic E-state index is 0.664. The average molecular weight is 291 g/mol. The van der Waals surface area contributed by atoms with Gasteiger partial charge in [-0.25, -0.2) is 4.99 Å². The summed E-state index contributed by atoms with van der Waals surface area (Å²) in [7, 11) is 4.02. The Morgan fingerprint density at radius 2 is 2.29 bits per heavy atom. The lowest BCUT2D eigenvalue weighted by Crippen LogP contribution is -2.39. The first-order valence-corrected chi connectivity index (χ1v) is 7.75. The third-order valence-corrected chi connectivity index (χ3v) is 3.27. The standard InChI is InChI=1S/C16H29N5/c1-5-7-8-9-10-11-20(3)16(17-6-2)18-12-15-13-19-21(4)14-15/h5,13-14H,1,6-12H2,2-4H3,(H,17,18). The maximum atomic E-state index is 4.67. The van der Waals surface area contributed by atoms with Crippen molar-refractivity contribution in [3.8, 4) is 0 Å². The van der Waals surface area contributed by atoms with E-state index in [4.69, 9.17) is 0 Å². The smallest absolute Gasteiger partial charge is 0.193 e. The van der Waals surface area contributed by atoms with Gasteiger partial charge < -0.3 is 10.2 Å². The second-order valence-electron chi connectivity index (χ2n) is 5.25. The minimum absolute atomic E-state index is 0.664. The van der Waals surface area contributed by atoms with Gasteiger partial charge >= 0.3 is 0 Å². The molecule has 5 heteroatoms. The normalized spacial score (nSPS) is 11.5. The molecule has 118 valence electrons. The number of hydrogen-bond donors (Lipinski definition) is 1. The molecule has 0 radical (unpaired) electrons. The third-order valence-electron chi connectivity index (χ3n) is 3.27. The van der Waals surface area contributed by atoms with E-state index < -0.39 is 0 Å². The highest BCUT2D eigenvalue weighted by molar-refractivity contribution is 5.79. The quantitative estimate of drug-likeness (QED) is 0.329. The lowest BCUT2D eigenvalue weighted by molar-refractivity contribution is 0.455. The van der Waals surface area contributed by atoms with Crippen LogP contribution in [0.1, 0.15) is 38.2 Å². The molecular formula is C16H29N5. The molecule has 0 unspecified atom stereocenters. The van der Waals surface area contributed by atoms with Crippen LogP contribution in [-0.2, 0) is 13.6 Å². The second-order valence-corrected chi connectivity index (χ2v) is 5.25. The fourth-order valence-corrected chi connectivity index (χ4v) is 2.11. The Balaban J connectivity index is 2.44. The van der Waals surface area contributed by atoms with Gasteiger partial charge in [0.15, 0.2) is 5.96 Å². The molecule has 0 amide bonds. The first-order chi connectivity index (χ1) is 10.2. The fraction of sp³-hybridized carbons (Fsp3) is 0.625. The van der Waals surface area contributed by atoms with E-state index >= 15 is 0 Å². The van der Waals surface area contributed by atoms with E-state index in [-0.39, 0.29) is 0 Å². The number of rotatable bonds is 9. The van der Waals surface area contributed by atoms with Gasteiger partial charge in [0.05, 0.1) is 12.7 Å². The van der Waals surface area contributed by atoms with Gasteiger partial charge in [-0.05, 0) is 26.2 Å². The molecule has 1 heterocycles. The number of guanidine groups is 1. The fourth-order valence-electron chi connectivity index (χ4n) is 2.11. The van der Waals surface area contributed by atoms with Crippen molar-refractivity contribution in [3.05, 3.63) is 30.6 Å². The van der Waals surface area contributed by atoms with Crippen molar-refractivity contribution in [3.63, 3.8) is 0 Å². The molecule has 0 saturated heterocycles. The number of hydrogen-bond acceptors (Lipinski definition) is 2. The van der Waals surface area contributed by atoms with E-state index in [2.05, 4.69) is 40.9 Å². The molecule has 1 aromatic heterocycles. The molecule has 0 saturated carbocycles. The Hall–Kier alpha value is -1.78. The van der Waals surface area contributed by atoms with Crippen LogP contribution in [0, 0.1) is 0 Å². The molecule has 0 fully saturated rings. The molecule has 21 heavy (non-hydrogen) atoms. The summed E-state index contributed by atoms with van der Waals surface area (Å²) in [6.07, 6.45) is 10.6. The van der Waals surface area contributed by atoms with Crippen LogP contribution in [-0.4, -0.2) is 40.8 Å². The summed E-state index contributed by atoms with van der Waals surface area (Å²) in [5.74, 6) is 0.963. The van der Waals surface area contributed by atoms with E-state index in [1.54, 1.807) is 4.68 Å². The summed E-state index contributed by atoms with van der Waals surface area (Å²) in [6.45, 7) is 8.42. The average Bonchev–Trinajstić information content (AvgIpc) is 2.88. The van der Waals surface area contributed by atoms with Crippen molar-refractivity contribution in [2.75, 3.05) is 20.1 Å². The number of aliphatic imine (C=N–C) groups is 1. The molecule has 0 bridgehead atoms. The summed E-state index contributed by atoms with van der Waals surface area (Å²) < 4.78 is 1.81. The van der Waals surface area contributed by atoms with E-state index in [1.165, 1.54) is 19.3 Å². The number of nitrogens with one attached hydrogen (secondary N) is 1. The molecule has 1 aromatic rings. The van der Waals surface area contributed by atoms with Crippen molar-refractivity contribution >= 4 is 5.96 Å². The van der Waals surface area contributed by atoms with Gasteiger partial charge in [0, 0.05) is 38.9 Å². The maximum Gasteiger partial charge on any atom is 0.193 e. The van der Waals surface area contributed by atoms with Crippen LogP contribution in [0.4, 0.5) is 0 Å². The Morgan fingerprint density at radius 3 is 2.90 bits per heavy atom. The van der Waals surface area contributed by atoms with Gasteiger partial charge in [-0.1, -0.05) is 12.5 Å². The van der Waals surface area contributed by atoms with Crippen LogP contribution in [0.25, 0.3) is 0 Å². The summed E-state index contributed by atoms with van der Waals surface area (Å²) in [4.78, 5) is 6.88. The number of unbranched alkanes of at least 4 members (excludes halogenated alkanes) is 3. The van der Waals surface area contributed by atoms with E-state index in [1.807, 2.05) is 25.5 Å². The number of aryl methyl sites for hydroxylation is 1. The molecule has 0 aliphatic heterocycles. The molecule has 0 spiro atoms. The predicted molar refractivity (Wildman–Crippen MR) is 89.3 cm³/mol. The van der Waals surface area contributed by atoms with Crippen molar-refractivity contribution in [2.24, 2.45) is 12.0 Å². The Kier molecular flexibility index (Phi) is 8.24. The van der Waals surface area contributed by atoms with Crippen molar-refractivity contribution < 1.29 is 0 Å². The molecule has 1 N–H and O–H groups in total. The highest BCUT2D eigenvalue weighted by Gasteiger charge is 2.05. The van der Waals surface area contributed by atoms with Gasteiger partial charge in [-0.2, -0.15) is 5.10 Å². The van der Waals surface area contributed by atoms with E-state index in [0.717, 1.165) is 31.0 Å². The van der Waals surface area contributed by atoms with Crippen LogP contribution < -0.4 is 5.32 Å². The van der Waals surface area contributed by atoms with Crippen LogP contribution in [0.2, 0.25) is 0 Å². The molecule has 1 rings (SSSR count). The van der Waals surface area contributed by atoms with Gasteiger partial charge in [-0.15, -0.1) is 6.58 Å². The van der Waals surface area contributed by atoms with Gasteiger partial charge in [-0.3, -0.25) is 4.68 Å². The van der Waals surface area contributed by atoms with Crippen molar-refractivity contribution in [1.82, 2.24) is 20.0 Å². The molecule has 0 atom stereocenters. The zero-order valence-corrected chi connectivity index (χ0v) is 13.7. The first kappa shape index (κ1) is 17.3. The molecule has 0 aliphatic rings. The van der Waals surface area contributed by atoms with E-state index in [0.29, 0.717) is 6.54 Å². The Morgan fingerprint density at radius 1 is 1.48 bits per heavy atom. The highest BCUT2D eigenvalue weighted by Crippen LogP contribution is 2.03. The summed E-state index contributed by atoms with van der Waals surface area (Å²) in [5, 5.41) is 7.51. The largest absolute Gasteiger partial charge is 0.357 e. The zero-order valence-electron chi connectivity index (χ0n) is 13.7. The first-order valence-electron chi connectivity index (χ1n) is 7.75. The van der Waals surface area contributed by atoms with Crippen molar-refractivity contribution in [2.45, 2.75) is 39.2 Å². The Labute approximate surface area is 128 Å². The summed E-state index contributed by atoms with van der Waals surface area (Å²) in [6, 6.07) is 0. The number of nitrogens with zero attached hydrogens (tertiary/aromatic N) is 4. The van der Waals surface area contributed by atoms with E-state index in [9.17, 15) is 0 Å². The summed E-state index contributed by atoms with van der Waals surface area (Å²) >= 11 is 0. The minimum Gasteiger partial charge on any atom is -0.357 e. The molecule has 5 nitrogen and oxygen atoms in total. The van der Waals surface area contributed by atoms with Crippen LogP contribution in [0.5, 0.6) is 0 Å². The SMILES string of the molecule is C=CCCCCCN(C)C(=NCc1cnn(C)c1)NCC. The summed E-state index contributed by atoms with van der Waals surface area (Å²) in [5.41, 5.74) is 1.13. The Bertz CT molecular complexity index is 436. The number of allylic oxidation sites excluding steroid dienone is 1. The van der Waals surface area contributed by atoms with Crippen LogP contribution in [0.3, 0.4) is 0 Å². The number of aromatic nitrogens is 2.